The molecule has 0 fully saturated rings. The zero-order valence-electron chi connectivity index (χ0n) is 6.05. The highest BCUT2D eigenvalue weighted by molar-refractivity contribution is 6.63. The fraction of sp³-hybridized carbons (Fsp3) is 0.600. The van der Waals surface area contributed by atoms with E-state index in [0.717, 1.165) is 0 Å². The Morgan fingerprint density at radius 3 is 1.36 bits per heavy atom. The van der Waals surface area contributed by atoms with Gasteiger partial charge in [-0.2, -0.15) is 0 Å². The minimum atomic E-state index is -0.750. The molecule has 0 rings (SSSR count). The van der Waals surface area contributed by atoms with Crippen molar-refractivity contribution in [3.05, 3.63) is 0 Å². The van der Waals surface area contributed by atoms with Crippen molar-refractivity contribution < 1.29 is 14.7 Å². The number of hydrogen-bond acceptors (Lipinski definition) is 2. The van der Waals surface area contributed by atoms with Crippen molar-refractivity contribution in [3.63, 3.8) is 0 Å². The van der Waals surface area contributed by atoms with Crippen LogP contribution in [0.4, 0.5) is 0 Å². The van der Waals surface area contributed by atoms with Crippen molar-refractivity contribution >= 4 is 47.1 Å². The smallest absolute Gasteiger partial charge is 0.290 e. The van der Waals surface area contributed by atoms with Crippen molar-refractivity contribution in [1.29, 1.82) is 0 Å². The molecule has 68 valence electrons. The molecule has 0 aromatic heterocycles. The lowest BCUT2D eigenvalue weighted by Gasteiger charge is -1.69. The van der Waals surface area contributed by atoms with Gasteiger partial charge in [-0.3, -0.25) is 4.79 Å². The first-order valence-corrected chi connectivity index (χ1v) is 3.66. The van der Waals surface area contributed by atoms with Crippen molar-refractivity contribution in [2.75, 3.05) is 0 Å². The van der Waals surface area contributed by atoms with E-state index in [9.17, 15) is 4.79 Å². The van der Waals surface area contributed by atoms with Gasteiger partial charge in [-0.1, -0.05) is 34.8 Å². The molecule has 0 amide bonds. The highest BCUT2D eigenvalue weighted by Gasteiger charge is 1.78. The third-order valence-corrected chi connectivity index (χ3v) is 0. The lowest BCUT2D eigenvalue weighted by molar-refractivity contribution is -0.123. The zero-order valence-corrected chi connectivity index (χ0v) is 8.32. The first kappa shape index (κ1) is 17.2. The summed E-state index contributed by atoms with van der Waals surface area (Å²) in [6, 6.07) is 0. The molecule has 11 heavy (non-hydrogen) atoms. The Bertz CT molecular complexity index is 88.2. The van der Waals surface area contributed by atoms with Gasteiger partial charge in [0.15, 0.2) is 4.30 Å². The molecule has 0 saturated heterocycles. The number of ketones is 1. The van der Waals surface area contributed by atoms with Crippen LogP contribution in [0.25, 0.3) is 0 Å². The third-order valence-electron chi connectivity index (χ3n) is 0. The molecule has 6 heteroatoms. The van der Waals surface area contributed by atoms with E-state index < -0.39 is 4.30 Å². The van der Waals surface area contributed by atoms with Crippen LogP contribution in [0.15, 0.2) is 0 Å². The van der Waals surface area contributed by atoms with Gasteiger partial charge in [0.1, 0.15) is 5.78 Å². The molecular weight excluding hydrogens is 214 g/mol. The molecule has 0 aromatic rings. The van der Waals surface area contributed by atoms with Crippen LogP contribution in [-0.2, 0) is 9.59 Å². The molecule has 1 N–H and O–H groups in total. The highest BCUT2D eigenvalue weighted by Crippen LogP contribution is 2.03. The van der Waals surface area contributed by atoms with Gasteiger partial charge in [0.25, 0.3) is 6.47 Å². The van der Waals surface area contributed by atoms with Crippen LogP contribution in [0.2, 0.25) is 0 Å². The summed E-state index contributed by atoms with van der Waals surface area (Å²) < 4.78 is -0.750. The second-order valence-corrected chi connectivity index (χ2v) is 3.24. The van der Waals surface area contributed by atoms with Crippen LogP contribution in [0.1, 0.15) is 13.8 Å². The lowest BCUT2D eigenvalue weighted by atomic mass is 10.6. The summed E-state index contributed by atoms with van der Waals surface area (Å²) in [4.78, 5) is 17.8. The van der Waals surface area contributed by atoms with E-state index in [2.05, 4.69) is 0 Å². The summed E-state index contributed by atoms with van der Waals surface area (Å²) in [5.74, 6) is 0.167. The van der Waals surface area contributed by atoms with Crippen LogP contribution < -0.4 is 0 Å². The van der Waals surface area contributed by atoms with Crippen molar-refractivity contribution in [1.82, 2.24) is 0 Å². The number of carboxylic acid groups (broad SMARTS) is 1. The molecule has 0 spiro atoms. The van der Waals surface area contributed by atoms with E-state index in [1.165, 1.54) is 13.8 Å². The van der Waals surface area contributed by atoms with Crippen LogP contribution in [0.3, 0.4) is 0 Å². The Hall–Kier alpha value is 0.01000. The maximum absolute atomic E-state index is 9.44. The maximum Gasteiger partial charge on any atom is 0.290 e. The van der Waals surface area contributed by atoms with Gasteiger partial charge in [0.2, 0.25) is 0 Å². The predicted molar refractivity (Wildman–Crippen MR) is 46.4 cm³/mol. The molecule has 0 atom stereocenters. The van der Waals surface area contributed by atoms with Gasteiger partial charge in [-0.05, 0) is 13.8 Å². The normalized spacial score (nSPS) is 6.73. The van der Waals surface area contributed by atoms with Gasteiger partial charge in [-0.15, -0.1) is 0 Å². The molecule has 0 bridgehead atoms. The number of rotatable bonds is 0. The summed E-state index contributed by atoms with van der Waals surface area (Å²) in [5, 5.41) is 6.89. The Balaban J connectivity index is -0.0000000886. The maximum atomic E-state index is 9.44. The van der Waals surface area contributed by atoms with Gasteiger partial charge < -0.3 is 9.90 Å². The molecule has 0 aliphatic carbocycles. The van der Waals surface area contributed by atoms with Gasteiger partial charge in [0, 0.05) is 0 Å². The van der Waals surface area contributed by atoms with E-state index in [0.29, 0.717) is 0 Å². The number of halogens is 3. The molecule has 0 aliphatic heterocycles. The van der Waals surface area contributed by atoms with Gasteiger partial charge in [0.05, 0.1) is 0 Å². The zero-order chi connectivity index (χ0) is 9.86. The summed E-state index contributed by atoms with van der Waals surface area (Å²) in [6.45, 7) is 2.81. The second-order valence-electron chi connectivity index (χ2n) is 1.26. The quantitative estimate of drug-likeness (QED) is 0.506. The van der Waals surface area contributed by atoms with Crippen LogP contribution in [0, 0.1) is 0 Å². The molecule has 0 aliphatic rings. The first-order chi connectivity index (χ1) is 4.88. The SMILES string of the molecule is CC(C)=O.ClC(Cl)Cl.O=CO. The Kier molecular flexibility index (Phi) is 25.8. The molecule has 0 saturated carbocycles. The monoisotopic (exact) mass is 222 g/mol. The van der Waals surface area contributed by atoms with Gasteiger partial charge >= 0.3 is 0 Å². The Morgan fingerprint density at radius 2 is 1.36 bits per heavy atom. The van der Waals surface area contributed by atoms with Crippen LogP contribution >= 0.6 is 34.8 Å². The molecule has 0 aromatic carbocycles. The number of hydrogen-bond donors (Lipinski definition) is 1. The van der Waals surface area contributed by atoms with Crippen molar-refractivity contribution in [3.8, 4) is 0 Å². The number of Topliss-reactive ketones (excluding diaryl/α,β-unsaturated/α-hetero) is 1. The summed E-state index contributed by atoms with van der Waals surface area (Å²) in [6.07, 6.45) is 0. The average molecular weight is 223 g/mol. The van der Waals surface area contributed by atoms with E-state index in [-0.39, 0.29) is 12.3 Å². The standard InChI is InChI=1S/C3H6O.CHCl3.CH2O2/c1-3(2)4;2-1(3)4;2-1-3/h1-2H3;1H;1H,(H,2,3). The molecular formula is C5H9Cl3O3. The van der Waals surface area contributed by atoms with E-state index in [1.807, 2.05) is 0 Å². The minimum Gasteiger partial charge on any atom is -0.483 e. The predicted octanol–water partition coefficient (Wildman–Crippen LogP) is 2.28. The van der Waals surface area contributed by atoms with Gasteiger partial charge in [-0.25, -0.2) is 0 Å². The third kappa shape index (κ3) is 6420000. The molecule has 3 nitrogen and oxygen atoms in total. The minimum absolute atomic E-state index is 0.167. The fourth-order valence-corrected chi connectivity index (χ4v) is 0. The second kappa shape index (κ2) is 16.5. The Labute approximate surface area is 80.2 Å². The Morgan fingerprint density at radius 1 is 1.36 bits per heavy atom. The van der Waals surface area contributed by atoms with Crippen molar-refractivity contribution in [2.24, 2.45) is 0 Å². The van der Waals surface area contributed by atoms with Crippen LogP contribution in [-0.4, -0.2) is 21.7 Å². The largest absolute Gasteiger partial charge is 0.483 e. The average Bonchev–Trinajstić information content (AvgIpc) is 1.60. The molecule has 0 radical (unpaired) electrons. The topological polar surface area (TPSA) is 54.4 Å². The lowest BCUT2D eigenvalue weighted by Crippen LogP contribution is -1.69. The van der Waals surface area contributed by atoms with Crippen molar-refractivity contribution in [2.45, 2.75) is 18.1 Å². The summed E-state index contributed by atoms with van der Waals surface area (Å²) >= 11 is 14.4. The number of alkyl halides is 3. The highest BCUT2D eigenvalue weighted by atomic mass is 35.6. The fourth-order valence-electron chi connectivity index (χ4n) is 0. The van der Waals surface area contributed by atoms with E-state index in [1.54, 1.807) is 0 Å². The van der Waals surface area contributed by atoms with E-state index in [4.69, 9.17) is 44.7 Å². The first-order valence-electron chi connectivity index (χ1n) is 2.35. The summed E-state index contributed by atoms with van der Waals surface area (Å²) in [5.41, 5.74) is 0. The number of carbonyl (C=O) groups excluding carboxylic acids is 1. The molecule has 0 unspecified atom stereocenters. The van der Waals surface area contributed by atoms with Crippen LogP contribution in [0.5, 0.6) is 0 Å². The molecule has 0 heterocycles. The number of carbonyl (C=O) groups is 2. The summed E-state index contributed by atoms with van der Waals surface area (Å²) in [7, 11) is 0. The van der Waals surface area contributed by atoms with E-state index >= 15 is 0 Å².